The number of rotatable bonds is 4. The molecule has 2 rings (SSSR count). The summed E-state index contributed by atoms with van der Waals surface area (Å²) < 4.78 is 39.8. The highest BCUT2D eigenvalue weighted by atomic mass is 35.5. The van der Waals surface area contributed by atoms with Gasteiger partial charge in [0.15, 0.2) is 0 Å². The Morgan fingerprint density at radius 3 is 2.48 bits per heavy atom. The fraction of sp³-hybridized carbons (Fsp3) is 0.200. The molecule has 0 spiro atoms. The third kappa shape index (κ3) is 3.19. The molecule has 0 N–H and O–H groups in total. The minimum Gasteiger partial charge on any atom is -0.267 e. The van der Waals surface area contributed by atoms with Crippen LogP contribution in [-0.2, 0) is 10.0 Å². The Morgan fingerprint density at radius 1 is 1.19 bits per heavy atom. The molecule has 3 nitrogen and oxygen atoms in total. The smallest absolute Gasteiger partial charge is 0.265 e. The number of halogens is 2. The van der Waals surface area contributed by atoms with Crippen molar-refractivity contribution in [3.63, 3.8) is 0 Å². The van der Waals surface area contributed by atoms with Crippen molar-refractivity contribution in [1.29, 1.82) is 0 Å². The molecule has 21 heavy (non-hydrogen) atoms. The average Bonchev–Trinajstić information content (AvgIpc) is 2.38. The van der Waals surface area contributed by atoms with Crippen LogP contribution in [0.15, 0.2) is 47.4 Å². The van der Waals surface area contributed by atoms with E-state index in [9.17, 15) is 12.8 Å². The summed E-state index contributed by atoms with van der Waals surface area (Å²) in [6.45, 7) is 3.87. The van der Waals surface area contributed by atoms with E-state index in [-0.39, 0.29) is 16.5 Å². The van der Waals surface area contributed by atoms with Gasteiger partial charge in [0.1, 0.15) is 10.7 Å². The summed E-state index contributed by atoms with van der Waals surface area (Å²) in [7, 11) is -3.83. The van der Waals surface area contributed by atoms with E-state index in [1.807, 2.05) is 13.0 Å². The molecule has 0 radical (unpaired) electrons. The van der Waals surface area contributed by atoms with Crippen LogP contribution >= 0.6 is 11.6 Å². The van der Waals surface area contributed by atoms with E-state index < -0.39 is 15.8 Å². The van der Waals surface area contributed by atoms with Crippen LogP contribution in [0.1, 0.15) is 12.5 Å². The number of aryl methyl sites for hydroxylation is 1. The van der Waals surface area contributed by atoms with Crippen LogP contribution in [0.25, 0.3) is 0 Å². The van der Waals surface area contributed by atoms with Gasteiger partial charge >= 0.3 is 0 Å². The largest absolute Gasteiger partial charge is 0.267 e. The SMILES string of the molecule is CCN(c1cccc(C)c1)S(=O)(=O)c1ccc(F)cc1Cl. The van der Waals surface area contributed by atoms with Gasteiger partial charge < -0.3 is 0 Å². The molecular formula is C15H15ClFNO2S. The van der Waals surface area contributed by atoms with E-state index in [0.717, 1.165) is 17.7 Å². The minimum absolute atomic E-state index is 0.103. The zero-order chi connectivity index (χ0) is 15.6. The number of hydrogen-bond acceptors (Lipinski definition) is 2. The van der Waals surface area contributed by atoms with Crippen LogP contribution in [0.2, 0.25) is 5.02 Å². The second-order valence-electron chi connectivity index (χ2n) is 4.58. The highest BCUT2D eigenvalue weighted by Crippen LogP contribution is 2.29. The van der Waals surface area contributed by atoms with Gasteiger partial charge in [0, 0.05) is 6.54 Å². The first-order valence-electron chi connectivity index (χ1n) is 6.40. The van der Waals surface area contributed by atoms with Crippen LogP contribution in [-0.4, -0.2) is 15.0 Å². The molecule has 112 valence electrons. The molecule has 2 aromatic rings. The molecule has 0 aliphatic rings. The van der Waals surface area contributed by atoms with Crippen LogP contribution < -0.4 is 4.31 Å². The Hall–Kier alpha value is -1.59. The van der Waals surface area contributed by atoms with Crippen LogP contribution in [0.5, 0.6) is 0 Å². The van der Waals surface area contributed by atoms with Gasteiger partial charge in [-0.2, -0.15) is 0 Å². The molecule has 0 saturated carbocycles. The lowest BCUT2D eigenvalue weighted by molar-refractivity contribution is 0.590. The second kappa shape index (κ2) is 6.03. The average molecular weight is 328 g/mol. The quantitative estimate of drug-likeness (QED) is 0.851. The molecular weight excluding hydrogens is 313 g/mol. The normalized spacial score (nSPS) is 11.4. The van der Waals surface area contributed by atoms with Crippen molar-refractivity contribution in [2.75, 3.05) is 10.8 Å². The van der Waals surface area contributed by atoms with Crippen LogP contribution in [0, 0.1) is 12.7 Å². The highest BCUT2D eigenvalue weighted by molar-refractivity contribution is 7.93. The Kier molecular flexibility index (Phi) is 4.54. The third-order valence-electron chi connectivity index (χ3n) is 3.04. The Labute approximate surface area is 129 Å². The first-order valence-corrected chi connectivity index (χ1v) is 8.22. The molecule has 0 aliphatic carbocycles. The van der Waals surface area contributed by atoms with Crippen molar-refractivity contribution in [2.45, 2.75) is 18.7 Å². The maximum absolute atomic E-state index is 13.1. The molecule has 0 bridgehead atoms. The fourth-order valence-electron chi connectivity index (χ4n) is 2.08. The molecule has 0 heterocycles. The van der Waals surface area contributed by atoms with Gasteiger partial charge in [-0.05, 0) is 49.7 Å². The topological polar surface area (TPSA) is 37.4 Å². The van der Waals surface area contributed by atoms with Crippen molar-refractivity contribution in [1.82, 2.24) is 0 Å². The van der Waals surface area contributed by atoms with Crippen molar-refractivity contribution in [3.8, 4) is 0 Å². The second-order valence-corrected chi connectivity index (χ2v) is 6.82. The fourth-order valence-corrected chi connectivity index (χ4v) is 4.05. The lowest BCUT2D eigenvalue weighted by atomic mass is 10.2. The van der Waals surface area contributed by atoms with Crippen molar-refractivity contribution >= 4 is 27.3 Å². The van der Waals surface area contributed by atoms with Gasteiger partial charge in [-0.3, -0.25) is 4.31 Å². The Bertz CT molecular complexity index is 762. The lowest BCUT2D eigenvalue weighted by Gasteiger charge is -2.23. The maximum Gasteiger partial charge on any atom is 0.265 e. The van der Waals surface area contributed by atoms with Gasteiger partial charge in [0.25, 0.3) is 10.0 Å². The number of anilines is 1. The van der Waals surface area contributed by atoms with Crippen molar-refractivity contribution < 1.29 is 12.8 Å². The minimum atomic E-state index is -3.83. The van der Waals surface area contributed by atoms with E-state index in [1.165, 1.54) is 10.4 Å². The van der Waals surface area contributed by atoms with Crippen molar-refractivity contribution in [3.05, 3.63) is 58.9 Å². The van der Waals surface area contributed by atoms with E-state index in [0.29, 0.717) is 5.69 Å². The number of benzene rings is 2. The molecule has 0 fully saturated rings. The number of hydrogen-bond donors (Lipinski definition) is 0. The van der Waals surface area contributed by atoms with Crippen molar-refractivity contribution in [2.24, 2.45) is 0 Å². The molecule has 0 atom stereocenters. The van der Waals surface area contributed by atoms with E-state index in [4.69, 9.17) is 11.6 Å². The molecule has 0 amide bonds. The van der Waals surface area contributed by atoms with E-state index in [2.05, 4.69) is 0 Å². The summed E-state index contributed by atoms with van der Waals surface area (Å²) in [4.78, 5) is -0.103. The maximum atomic E-state index is 13.1. The predicted octanol–water partition coefficient (Wildman–Crippen LogP) is 4.00. The van der Waals surface area contributed by atoms with E-state index in [1.54, 1.807) is 25.1 Å². The Balaban J connectivity index is 2.54. The van der Waals surface area contributed by atoms with Gasteiger partial charge in [0.05, 0.1) is 10.7 Å². The summed E-state index contributed by atoms with van der Waals surface area (Å²) in [6.07, 6.45) is 0. The van der Waals surface area contributed by atoms with Gasteiger partial charge in [-0.25, -0.2) is 12.8 Å². The number of nitrogens with zero attached hydrogens (tertiary/aromatic N) is 1. The van der Waals surface area contributed by atoms with Gasteiger partial charge in [-0.15, -0.1) is 0 Å². The molecule has 0 unspecified atom stereocenters. The highest BCUT2D eigenvalue weighted by Gasteiger charge is 2.26. The summed E-state index contributed by atoms with van der Waals surface area (Å²) in [5.74, 6) is -0.572. The predicted molar refractivity (Wildman–Crippen MR) is 82.8 cm³/mol. The zero-order valence-electron chi connectivity index (χ0n) is 11.7. The van der Waals surface area contributed by atoms with Gasteiger partial charge in [0.2, 0.25) is 0 Å². The molecule has 2 aromatic carbocycles. The number of sulfonamides is 1. The summed E-state index contributed by atoms with van der Waals surface area (Å²) in [6, 6.07) is 10.4. The molecule has 0 saturated heterocycles. The Morgan fingerprint density at radius 2 is 1.90 bits per heavy atom. The van der Waals surface area contributed by atoms with Gasteiger partial charge in [-0.1, -0.05) is 23.7 Å². The monoisotopic (exact) mass is 327 g/mol. The molecule has 0 aromatic heterocycles. The van der Waals surface area contributed by atoms with Crippen LogP contribution in [0.4, 0.5) is 10.1 Å². The first kappa shape index (κ1) is 15.8. The third-order valence-corrected chi connectivity index (χ3v) is 5.42. The first-order chi connectivity index (χ1) is 9.86. The summed E-state index contributed by atoms with van der Waals surface area (Å²) in [5.41, 5.74) is 1.50. The summed E-state index contributed by atoms with van der Waals surface area (Å²) in [5, 5.41) is -0.124. The lowest BCUT2D eigenvalue weighted by Crippen LogP contribution is -2.31. The van der Waals surface area contributed by atoms with Crippen LogP contribution in [0.3, 0.4) is 0 Å². The van der Waals surface area contributed by atoms with E-state index >= 15 is 0 Å². The summed E-state index contributed by atoms with van der Waals surface area (Å²) >= 11 is 5.89. The molecule has 6 heteroatoms. The standard InChI is InChI=1S/C15H15ClFNO2S/c1-3-18(13-6-4-5-11(2)9-13)21(19,20)15-8-7-12(17)10-14(15)16/h4-10H,3H2,1-2H3. The molecule has 0 aliphatic heterocycles. The zero-order valence-corrected chi connectivity index (χ0v) is 13.2.